The summed E-state index contributed by atoms with van der Waals surface area (Å²) in [5.41, 5.74) is 2.39. The van der Waals surface area contributed by atoms with Gasteiger partial charge in [-0.05, 0) is 30.2 Å². The zero-order chi connectivity index (χ0) is 23.2. The summed E-state index contributed by atoms with van der Waals surface area (Å²) in [5, 5.41) is 16.6. The molecule has 3 aromatic carbocycles. The molecule has 1 unspecified atom stereocenters. The molecule has 6 nitrogen and oxygen atoms in total. The average molecular weight is 443 g/mol. The maximum absolute atomic E-state index is 13.0. The summed E-state index contributed by atoms with van der Waals surface area (Å²) in [6.45, 7) is 3.73. The molecule has 4 rings (SSSR count). The Bertz CT molecular complexity index is 1320. The molecule has 0 aliphatic heterocycles. The van der Waals surface area contributed by atoms with Crippen molar-refractivity contribution in [2.24, 2.45) is 0 Å². The molecule has 6 heteroatoms. The van der Waals surface area contributed by atoms with E-state index >= 15 is 0 Å². The first-order valence-electron chi connectivity index (χ1n) is 10.7. The van der Waals surface area contributed by atoms with E-state index in [-0.39, 0.29) is 18.7 Å². The van der Waals surface area contributed by atoms with Gasteiger partial charge in [0.2, 0.25) is 0 Å². The standard InChI is InChI=1S/C27H26N2O4/c1-3-9-19-14-15-24(25(16-19)32-2)33-18-21(30)17-29-27(31)23-13-8-7-12-22(23)26(28-29)20-10-5-4-6-11-20/h3-8,10-16,21,30H,1,9,17-18H2,2H3. The second kappa shape index (κ2) is 10.1. The summed E-state index contributed by atoms with van der Waals surface area (Å²) in [6.07, 6.45) is 1.59. The van der Waals surface area contributed by atoms with Crippen LogP contribution in [0.3, 0.4) is 0 Å². The van der Waals surface area contributed by atoms with E-state index in [0.29, 0.717) is 22.6 Å². The van der Waals surface area contributed by atoms with Crippen molar-refractivity contribution in [1.82, 2.24) is 9.78 Å². The second-order valence-electron chi connectivity index (χ2n) is 7.69. The maximum Gasteiger partial charge on any atom is 0.274 e. The number of ether oxygens (including phenoxy) is 2. The number of methoxy groups -OCH3 is 1. The highest BCUT2D eigenvalue weighted by molar-refractivity contribution is 5.93. The molecule has 0 saturated heterocycles. The Kier molecular flexibility index (Phi) is 6.86. The monoisotopic (exact) mass is 442 g/mol. The number of allylic oxidation sites excluding steroid dienone is 1. The van der Waals surface area contributed by atoms with Crippen molar-refractivity contribution in [2.75, 3.05) is 13.7 Å². The molecule has 0 radical (unpaired) electrons. The molecular weight excluding hydrogens is 416 g/mol. The van der Waals surface area contributed by atoms with Crippen LogP contribution in [0.2, 0.25) is 0 Å². The molecule has 0 aliphatic carbocycles. The molecule has 33 heavy (non-hydrogen) atoms. The van der Waals surface area contributed by atoms with Gasteiger partial charge in [0.1, 0.15) is 12.7 Å². The van der Waals surface area contributed by atoms with E-state index < -0.39 is 6.10 Å². The molecule has 1 atom stereocenters. The van der Waals surface area contributed by atoms with Crippen LogP contribution in [0.4, 0.5) is 0 Å². The molecule has 4 aromatic rings. The van der Waals surface area contributed by atoms with Crippen LogP contribution in [0.25, 0.3) is 22.0 Å². The quantitative estimate of drug-likeness (QED) is 0.393. The van der Waals surface area contributed by atoms with Crippen LogP contribution in [0.5, 0.6) is 11.5 Å². The minimum atomic E-state index is -0.947. The Balaban J connectivity index is 1.57. The summed E-state index contributed by atoms with van der Waals surface area (Å²) in [7, 11) is 1.57. The Morgan fingerprint density at radius 2 is 1.76 bits per heavy atom. The predicted octanol–water partition coefficient (Wildman–Crippen LogP) is 4.24. The fraction of sp³-hybridized carbons (Fsp3) is 0.185. The molecule has 0 fully saturated rings. The Hall–Kier alpha value is -3.90. The van der Waals surface area contributed by atoms with Gasteiger partial charge >= 0.3 is 0 Å². The first-order valence-corrected chi connectivity index (χ1v) is 10.7. The van der Waals surface area contributed by atoms with Crippen LogP contribution in [0.1, 0.15) is 5.56 Å². The van der Waals surface area contributed by atoms with Crippen molar-refractivity contribution in [2.45, 2.75) is 19.1 Å². The van der Waals surface area contributed by atoms with E-state index in [9.17, 15) is 9.90 Å². The normalized spacial score (nSPS) is 11.8. The van der Waals surface area contributed by atoms with E-state index in [2.05, 4.69) is 11.7 Å². The van der Waals surface area contributed by atoms with Crippen molar-refractivity contribution in [1.29, 1.82) is 0 Å². The first kappa shape index (κ1) is 22.3. The molecule has 1 aromatic heterocycles. The van der Waals surface area contributed by atoms with Crippen molar-refractivity contribution in [3.63, 3.8) is 0 Å². The highest BCUT2D eigenvalue weighted by atomic mass is 16.5. The third-order valence-electron chi connectivity index (χ3n) is 5.34. The third kappa shape index (κ3) is 4.96. The van der Waals surface area contributed by atoms with Gasteiger partial charge in [0, 0.05) is 10.9 Å². The van der Waals surface area contributed by atoms with Crippen LogP contribution in [0, 0.1) is 0 Å². The number of hydrogen-bond donors (Lipinski definition) is 1. The minimum absolute atomic E-state index is 0.000361. The largest absolute Gasteiger partial charge is 0.493 e. The number of aliphatic hydroxyl groups is 1. The maximum atomic E-state index is 13.0. The topological polar surface area (TPSA) is 73.6 Å². The Morgan fingerprint density at radius 1 is 1.03 bits per heavy atom. The van der Waals surface area contributed by atoms with Crippen LogP contribution >= 0.6 is 0 Å². The molecule has 0 aliphatic rings. The van der Waals surface area contributed by atoms with Gasteiger partial charge in [-0.2, -0.15) is 5.10 Å². The van der Waals surface area contributed by atoms with E-state index in [1.807, 2.05) is 66.7 Å². The number of hydrogen-bond acceptors (Lipinski definition) is 5. The lowest BCUT2D eigenvalue weighted by Crippen LogP contribution is -2.32. The molecule has 0 spiro atoms. The molecule has 168 valence electrons. The van der Waals surface area contributed by atoms with Crippen molar-refractivity contribution in [3.05, 3.63) is 101 Å². The van der Waals surface area contributed by atoms with Gasteiger partial charge in [-0.15, -0.1) is 6.58 Å². The lowest BCUT2D eigenvalue weighted by atomic mass is 10.1. The van der Waals surface area contributed by atoms with E-state index in [1.54, 1.807) is 19.2 Å². The smallest absolute Gasteiger partial charge is 0.274 e. The predicted molar refractivity (Wildman–Crippen MR) is 130 cm³/mol. The SMILES string of the molecule is C=CCc1ccc(OCC(O)Cn2nc(-c3ccccc3)c3ccccc3c2=O)c(OC)c1. The number of aliphatic hydroxyl groups excluding tert-OH is 1. The Labute approximate surface area is 192 Å². The van der Waals surface area contributed by atoms with Crippen molar-refractivity contribution >= 4 is 10.8 Å². The van der Waals surface area contributed by atoms with Crippen LogP contribution < -0.4 is 15.0 Å². The molecule has 1 N–H and O–H groups in total. The summed E-state index contributed by atoms with van der Waals surface area (Å²) in [5.74, 6) is 1.10. The summed E-state index contributed by atoms with van der Waals surface area (Å²) in [6, 6.07) is 22.7. The molecule has 0 amide bonds. The van der Waals surface area contributed by atoms with Gasteiger partial charge < -0.3 is 14.6 Å². The summed E-state index contributed by atoms with van der Waals surface area (Å²) < 4.78 is 12.5. The summed E-state index contributed by atoms with van der Waals surface area (Å²) in [4.78, 5) is 13.0. The molecule has 0 saturated carbocycles. The van der Waals surface area contributed by atoms with Crippen LogP contribution in [-0.2, 0) is 13.0 Å². The highest BCUT2D eigenvalue weighted by Gasteiger charge is 2.16. The molecular formula is C27H26N2O4. The lowest BCUT2D eigenvalue weighted by molar-refractivity contribution is 0.0868. The van der Waals surface area contributed by atoms with Gasteiger partial charge in [0.15, 0.2) is 11.5 Å². The van der Waals surface area contributed by atoms with E-state index in [0.717, 1.165) is 22.9 Å². The first-order chi connectivity index (χ1) is 16.1. The zero-order valence-electron chi connectivity index (χ0n) is 18.5. The van der Waals surface area contributed by atoms with E-state index in [1.165, 1.54) is 4.68 Å². The number of nitrogens with zero attached hydrogens (tertiary/aromatic N) is 2. The Morgan fingerprint density at radius 3 is 2.48 bits per heavy atom. The lowest BCUT2D eigenvalue weighted by Gasteiger charge is -2.17. The molecule has 0 bridgehead atoms. The van der Waals surface area contributed by atoms with Crippen LogP contribution in [0.15, 0.2) is 90.2 Å². The van der Waals surface area contributed by atoms with Crippen molar-refractivity contribution in [3.8, 4) is 22.8 Å². The van der Waals surface area contributed by atoms with Gasteiger partial charge in [-0.1, -0.05) is 60.7 Å². The highest BCUT2D eigenvalue weighted by Crippen LogP contribution is 2.29. The number of benzene rings is 3. The second-order valence-corrected chi connectivity index (χ2v) is 7.69. The zero-order valence-corrected chi connectivity index (χ0v) is 18.5. The number of aromatic nitrogens is 2. The minimum Gasteiger partial charge on any atom is -0.493 e. The van der Waals surface area contributed by atoms with Crippen LogP contribution in [-0.4, -0.2) is 34.7 Å². The van der Waals surface area contributed by atoms with Gasteiger partial charge in [0.05, 0.1) is 24.7 Å². The molecule has 1 heterocycles. The van der Waals surface area contributed by atoms with Crippen molar-refractivity contribution < 1.29 is 14.6 Å². The average Bonchev–Trinajstić information content (AvgIpc) is 2.85. The number of fused-ring (bicyclic) bond motifs is 1. The fourth-order valence-electron chi connectivity index (χ4n) is 3.73. The fourth-order valence-corrected chi connectivity index (χ4v) is 3.73. The van der Waals surface area contributed by atoms with E-state index in [4.69, 9.17) is 9.47 Å². The van der Waals surface area contributed by atoms with Gasteiger partial charge in [-0.3, -0.25) is 4.79 Å². The van der Waals surface area contributed by atoms with Gasteiger partial charge in [-0.25, -0.2) is 4.68 Å². The summed E-state index contributed by atoms with van der Waals surface area (Å²) >= 11 is 0. The third-order valence-corrected chi connectivity index (χ3v) is 5.34. The number of rotatable bonds is 9. The van der Waals surface area contributed by atoms with Gasteiger partial charge in [0.25, 0.3) is 5.56 Å².